The fourth-order valence-electron chi connectivity index (χ4n) is 1.72. The zero-order valence-corrected chi connectivity index (χ0v) is 8.73. The van der Waals surface area contributed by atoms with E-state index >= 15 is 0 Å². The molecule has 0 unspecified atom stereocenters. The van der Waals surface area contributed by atoms with Gasteiger partial charge in [0.05, 0.1) is 5.69 Å². The summed E-state index contributed by atoms with van der Waals surface area (Å²) in [6.45, 7) is 4.10. The number of hydrogen-bond donors (Lipinski definition) is 0. The lowest BCUT2D eigenvalue weighted by Crippen LogP contribution is -1.96. The van der Waals surface area contributed by atoms with Gasteiger partial charge in [0.2, 0.25) is 0 Å². The first-order valence-electron chi connectivity index (χ1n) is 4.73. The Morgan fingerprint density at radius 3 is 2.47 bits per heavy atom. The molecule has 0 fully saturated rings. The summed E-state index contributed by atoms with van der Waals surface area (Å²) in [5, 5.41) is 8.71. The molecule has 0 atom stereocenters. The van der Waals surface area contributed by atoms with Crippen LogP contribution < -0.4 is 0 Å². The van der Waals surface area contributed by atoms with Crippen molar-refractivity contribution in [3.8, 4) is 11.8 Å². The molecule has 1 aromatic carbocycles. The van der Waals surface area contributed by atoms with Crippen LogP contribution in [0.4, 0.5) is 0 Å². The number of benzene rings is 1. The van der Waals surface area contributed by atoms with Gasteiger partial charge in [-0.2, -0.15) is 5.26 Å². The molecule has 15 heavy (non-hydrogen) atoms. The second kappa shape index (κ2) is 3.58. The number of rotatable bonds is 1. The smallest absolute Gasteiger partial charge is 0.158 e. The molecule has 0 radical (unpaired) electrons. The summed E-state index contributed by atoms with van der Waals surface area (Å²) in [4.78, 5) is 4.00. The molecule has 2 rings (SSSR count). The number of aromatic nitrogens is 2. The molecular weight excluding hydrogens is 186 g/mol. The van der Waals surface area contributed by atoms with Crippen molar-refractivity contribution >= 4 is 0 Å². The number of imidazole rings is 1. The first-order chi connectivity index (χ1) is 7.22. The van der Waals surface area contributed by atoms with E-state index in [1.54, 1.807) is 12.5 Å². The van der Waals surface area contributed by atoms with Gasteiger partial charge in [-0.3, -0.25) is 0 Å². The Balaban J connectivity index is 2.59. The van der Waals surface area contributed by atoms with Crippen LogP contribution in [0, 0.1) is 25.2 Å². The zero-order valence-electron chi connectivity index (χ0n) is 8.73. The Labute approximate surface area is 88.6 Å². The van der Waals surface area contributed by atoms with Gasteiger partial charge in [-0.05, 0) is 25.0 Å². The average molecular weight is 197 g/mol. The van der Waals surface area contributed by atoms with Crippen LogP contribution in [0.5, 0.6) is 0 Å². The van der Waals surface area contributed by atoms with Gasteiger partial charge >= 0.3 is 0 Å². The quantitative estimate of drug-likeness (QED) is 0.704. The Bertz CT molecular complexity index is 512. The summed E-state index contributed by atoms with van der Waals surface area (Å²) >= 11 is 0. The highest BCUT2D eigenvalue weighted by Gasteiger charge is 2.05. The Hall–Kier alpha value is -2.08. The largest absolute Gasteiger partial charge is 0.304 e. The van der Waals surface area contributed by atoms with E-state index in [1.165, 1.54) is 11.1 Å². The van der Waals surface area contributed by atoms with Crippen molar-refractivity contribution in [1.29, 1.82) is 5.26 Å². The minimum Gasteiger partial charge on any atom is -0.304 e. The SMILES string of the molecule is Cc1cccc(C)c1-n1cnc(C#N)c1. The molecule has 0 saturated heterocycles. The van der Waals surface area contributed by atoms with Gasteiger partial charge in [-0.25, -0.2) is 4.98 Å². The van der Waals surface area contributed by atoms with Gasteiger partial charge < -0.3 is 4.57 Å². The van der Waals surface area contributed by atoms with E-state index in [0.29, 0.717) is 5.69 Å². The highest BCUT2D eigenvalue weighted by atomic mass is 15.0. The summed E-state index contributed by atoms with van der Waals surface area (Å²) in [5.74, 6) is 0. The predicted octanol–water partition coefficient (Wildman–Crippen LogP) is 2.36. The first kappa shape index (κ1) is 9.47. The normalized spacial score (nSPS) is 9.93. The topological polar surface area (TPSA) is 41.6 Å². The molecule has 0 aliphatic heterocycles. The Kier molecular flexibility index (Phi) is 2.26. The van der Waals surface area contributed by atoms with Crippen LogP contribution in [0.3, 0.4) is 0 Å². The summed E-state index contributed by atoms with van der Waals surface area (Å²) in [5.41, 5.74) is 3.90. The lowest BCUT2D eigenvalue weighted by Gasteiger charge is -2.09. The number of aryl methyl sites for hydroxylation is 2. The molecule has 0 saturated carbocycles. The first-order valence-corrected chi connectivity index (χ1v) is 4.73. The monoisotopic (exact) mass is 197 g/mol. The standard InChI is InChI=1S/C12H11N3/c1-9-4-3-5-10(2)12(9)15-7-11(6-13)14-8-15/h3-5,7-8H,1-2H3. The van der Waals surface area contributed by atoms with Crippen LogP contribution in [0.25, 0.3) is 5.69 Å². The molecule has 1 heterocycles. The lowest BCUT2D eigenvalue weighted by atomic mass is 10.1. The summed E-state index contributed by atoms with van der Waals surface area (Å²) in [6.07, 6.45) is 3.42. The van der Waals surface area contributed by atoms with Crippen LogP contribution in [-0.2, 0) is 0 Å². The number of nitrogens with zero attached hydrogens (tertiary/aromatic N) is 3. The van der Waals surface area contributed by atoms with E-state index in [9.17, 15) is 0 Å². The molecule has 74 valence electrons. The van der Waals surface area contributed by atoms with Crippen molar-refractivity contribution in [2.45, 2.75) is 13.8 Å². The van der Waals surface area contributed by atoms with Crippen molar-refractivity contribution in [3.63, 3.8) is 0 Å². The minimum atomic E-state index is 0.442. The molecule has 0 aliphatic carbocycles. The third-order valence-corrected chi connectivity index (χ3v) is 2.39. The van der Waals surface area contributed by atoms with Crippen LogP contribution in [0.2, 0.25) is 0 Å². The van der Waals surface area contributed by atoms with Crippen molar-refractivity contribution < 1.29 is 0 Å². The maximum absolute atomic E-state index is 8.71. The maximum atomic E-state index is 8.71. The van der Waals surface area contributed by atoms with Crippen LogP contribution in [0.1, 0.15) is 16.8 Å². The number of nitriles is 1. The molecule has 3 nitrogen and oxygen atoms in total. The molecule has 1 aromatic heterocycles. The van der Waals surface area contributed by atoms with Crippen molar-refractivity contribution in [2.75, 3.05) is 0 Å². The van der Waals surface area contributed by atoms with Gasteiger partial charge in [0.15, 0.2) is 5.69 Å². The van der Waals surface area contributed by atoms with Crippen LogP contribution >= 0.6 is 0 Å². The third kappa shape index (κ3) is 1.62. The van der Waals surface area contributed by atoms with Gasteiger partial charge in [0, 0.05) is 6.20 Å². The molecular formula is C12H11N3. The van der Waals surface area contributed by atoms with Crippen molar-refractivity contribution in [1.82, 2.24) is 9.55 Å². The third-order valence-electron chi connectivity index (χ3n) is 2.39. The van der Waals surface area contributed by atoms with Gasteiger partial charge in [-0.15, -0.1) is 0 Å². The lowest BCUT2D eigenvalue weighted by molar-refractivity contribution is 1.02. The van der Waals surface area contributed by atoms with Crippen molar-refractivity contribution in [3.05, 3.63) is 47.5 Å². The molecule has 0 amide bonds. The van der Waals surface area contributed by atoms with Gasteiger partial charge in [0.25, 0.3) is 0 Å². The highest BCUT2D eigenvalue weighted by Crippen LogP contribution is 2.18. The molecule has 0 spiro atoms. The minimum absolute atomic E-state index is 0.442. The summed E-state index contributed by atoms with van der Waals surface area (Å²) < 4.78 is 1.89. The van der Waals surface area contributed by atoms with Crippen molar-refractivity contribution in [2.24, 2.45) is 0 Å². The second-order valence-corrected chi connectivity index (χ2v) is 3.52. The zero-order chi connectivity index (χ0) is 10.8. The summed E-state index contributed by atoms with van der Waals surface area (Å²) in [6, 6.07) is 8.15. The second-order valence-electron chi connectivity index (χ2n) is 3.52. The molecule has 3 heteroatoms. The number of hydrogen-bond acceptors (Lipinski definition) is 2. The fourth-order valence-corrected chi connectivity index (χ4v) is 1.72. The Morgan fingerprint density at radius 2 is 1.93 bits per heavy atom. The predicted molar refractivity (Wildman–Crippen MR) is 57.8 cm³/mol. The van der Waals surface area contributed by atoms with Crippen LogP contribution in [0.15, 0.2) is 30.7 Å². The average Bonchev–Trinajstić information content (AvgIpc) is 2.66. The fraction of sp³-hybridized carbons (Fsp3) is 0.167. The van der Waals surface area contributed by atoms with Crippen LogP contribution in [-0.4, -0.2) is 9.55 Å². The van der Waals surface area contributed by atoms with E-state index in [4.69, 9.17) is 5.26 Å². The molecule has 0 aliphatic rings. The molecule has 2 aromatic rings. The highest BCUT2D eigenvalue weighted by molar-refractivity contribution is 5.47. The molecule has 0 N–H and O–H groups in total. The van der Waals surface area contributed by atoms with E-state index in [2.05, 4.69) is 4.98 Å². The van der Waals surface area contributed by atoms with E-state index in [0.717, 1.165) is 5.69 Å². The van der Waals surface area contributed by atoms with E-state index in [-0.39, 0.29) is 0 Å². The maximum Gasteiger partial charge on any atom is 0.158 e. The van der Waals surface area contributed by atoms with E-state index < -0.39 is 0 Å². The van der Waals surface area contributed by atoms with Gasteiger partial charge in [-0.1, -0.05) is 18.2 Å². The molecule has 0 bridgehead atoms. The Morgan fingerprint density at radius 1 is 1.27 bits per heavy atom. The van der Waals surface area contributed by atoms with E-state index in [1.807, 2.05) is 42.7 Å². The van der Waals surface area contributed by atoms with Gasteiger partial charge in [0.1, 0.15) is 12.4 Å². The summed E-state index contributed by atoms with van der Waals surface area (Å²) in [7, 11) is 0. The number of para-hydroxylation sites is 1.